The zero-order chi connectivity index (χ0) is 14.4. The number of carbonyl (C=O) groups is 1. The zero-order valence-corrected chi connectivity index (χ0v) is 11.1. The van der Waals surface area contributed by atoms with E-state index >= 15 is 0 Å². The standard InChI is InChI=1S/C15H17FN2O2/c16-13-4-5-14-11(9-13)8-12(10-18-14)15(20)17-6-2-1-3-7-19/h4-5,8-10,19H,1-3,6-7H2,(H,17,20). The molecule has 4 nitrogen and oxygen atoms in total. The quantitative estimate of drug-likeness (QED) is 0.796. The van der Waals surface area contributed by atoms with E-state index in [4.69, 9.17) is 5.11 Å². The maximum Gasteiger partial charge on any atom is 0.252 e. The lowest BCUT2D eigenvalue weighted by molar-refractivity contribution is 0.0952. The summed E-state index contributed by atoms with van der Waals surface area (Å²) in [5.74, 6) is -0.562. The van der Waals surface area contributed by atoms with Gasteiger partial charge in [0.25, 0.3) is 5.91 Å². The first-order valence-corrected chi connectivity index (χ1v) is 6.65. The maximum absolute atomic E-state index is 13.1. The van der Waals surface area contributed by atoms with Crippen LogP contribution in [0.5, 0.6) is 0 Å². The molecule has 0 aliphatic carbocycles. The Morgan fingerprint density at radius 1 is 1.25 bits per heavy atom. The highest BCUT2D eigenvalue weighted by atomic mass is 19.1. The van der Waals surface area contributed by atoms with Crippen molar-refractivity contribution in [3.63, 3.8) is 0 Å². The lowest BCUT2D eigenvalue weighted by atomic mass is 10.1. The van der Waals surface area contributed by atoms with E-state index in [0.717, 1.165) is 19.3 Å². The highest BCUT2D eigenvalue weighted by Gasteiger charge is 2.07. The first kappa shape index (κ1) is 14.4. The fourth-order valence-electron chi connectivity index (χ4n) is 1.94. The van der Waals surface area contributed by atoms with E-state index < -0.39 is 0 Å². The predicted octanol–water partition coefficient (Wildman–Crippen LogP) is 2.27. The summed E-state index contributed by atoms with van der Waals surface area (Å²) in [4.78, 5) is 16.1. The molecule has 5 heteroatoms. The number of carbonyl (C=O) groups excluding carboxylic acids is 1. The van der Waals surface area contributed by atoms with Gasteiger partial charge in [-0.15, -0.1) is 0 Å². The molecule has 2 rings (SSSR count). The van der Waals surface area contributed by atoms with E-state index in [0.29, 0.717) is 23.0 Å². The van der Waals surface area contributed by atoms with Crippen LogP contribution in [0.3, 0.4) is 0 Å². The number of fused-ring (bicyclic) bond motifs is 1. The lowest BCUT2D eigenvalue weighted by Gasteiger charge is -2.05. The Morgan fingerprint density at radius 2 is 2.10 bits per heavy atom. The van der Waals surface area contributed by atoms with E-state index in [1.54, 1.807) is 12.1 Å². The molecule has 0 fully saturated rings. The van der Waals surface area contributed by atoms with Gasteiger partial charge >= 0.3 is 0 Å². The summed E-state index contributed by atoms with van der Waals surface area (Å²) in [5.41, 5.74) is 1.08. The molecule has 20 heavy (non-hydrogen) atoms. The summed E-state index contributed by atoms with van der Waals surface area (Å²) in [6.07, 6.45) is 3.93. The second-order valence-electron chi connectivity index (χ2n) is 4.60. The normalized spacial score (nSPS) is 10.7. The Kier molecular flexibility index (Phi) is 5.01. The second kappa shape index (κ2) is 6.96. The minimum Gasteiger partial charge on any atom is -0.396 e. The summed E-state index contributed by atoms with van der Waals surface area (Å²) in [5, 5.41) is 12.0. The number of nitrogens with one attached hydrogen (secondary N) is 1. The van der Waals surface area contributed by atoms with E-state index in [-0.39, 0.29) is 18.3 Å². The SMILES string of the molecule is O=C(NCCCCCO)c1cnc2ccc(F)cc2c1. The fourth-order valence-corrected chi connectivity index (χ4v) is 1.94. The summed E-state index contributed by atoms with van der Waals surface area (Å²) in [6.45, 7) is 0.730. The fraction of sp³-hybridized carbons (Fsp3) is 0.333. The maximum atomic E-state index is 13.1. The Labute approximate surface area is 116 Å². The van der Waals surface area contributed by atoms with Gasteiger partial charge in [-0.2, -0.15) is 0 Å². The van der Waals surface area contributed by atoms with Crippen LogP contribution >= 0.6 is 0 Å². The van der Waals surface area contributed by atoms with E-state index in [1.165, 1.54) is 18.3 Å². The van der Waals surface area contributed by atoms with Crippen molar-refractivity contribution in [3.05, 3.63) is 41.8 Å². The molecule has 1 amide bonds. The van der Waals surface area contributed by atoms with Crippen molar-refractivity contribution < 1.29 is 14.3 Å². The van der Waals surface area contributed by atoms with Gasteiger partial charge in [-0.3, -0.25) is 9.78 Å². The molecule has 1 heterocycles. The van der Waals surface area contributed by atoms with Gasteiger partial charge in [0.1, 0.15) is 5.82 Å². The molecule has 106 valence electrons. The molecule has 2 N–H and O–H groups in total. The van der Waals surface area contributed by atoms with Crippen molar-refractivity contribution in [2.75, 3.05) is 13.2 Å². The van der Waals surface area contributed by atoms with Crippen LogP contribution in [0.15, 0.2) is 30.5 Å². The molecular weight excluding hydrogens is 259 g/mol. The van der Waals surface area contributed by atoms with Gasteiger partial charge in [0, 0.05) is 24.7 Å². The Morgan fingerprint density at radius 3 is 2.90 bits per heavy atom. The van der Waals surface area contributed by atoms with Crippen molar-refractivity contribution in [1.29, 1.82) is 0 Å². The second-order valence-corrected chi connectivity index (χ2v) is 4.60. The number of aliphatic hydroxyl groups excluding tert-OH is 1. The Hall–Kier alpha value is -2.01. The number of amides is 1. The van der Waals surface area contributed by atoms with Crippen molar-refractivity contribution in [1.82, 2.24) is 10.3 Å². The number of hydrogen-bond acceptors (Lipinski definition) is 3. The van der Waals surface area contributed by atoms with Crippen LogP contribution in [0.1, 0.15) is 29.6 Å². The van der Waals surface area contributed by atoms with Gasteiger partial charge in [0.2, 0.25) is 0 Å². The molecule has 1 aromatic heterocycles. The van der Waals surface area contributed by atoms with Crippen LogP contribution in [-0.2, 0) is 0 Å². The van der Waals surface area contributed by atoms with Crippen molar-refractivity contribution in [2.45, 2.75) is 19.3 Å². The van der Waals surface area contributed by atoms with Crippen molar-refractivity contribution in [3.8, 4) is 0 Å². The zero-order valence-electron chi connectivity index (χ0n) is 11.1. The van der Waals surface area contributed by atoms with Crippen LogP contribution in [0.2, 0.25) is 0 Å². The monoisotopic (exact) mass is 276 g/mol. The van der Waals surface area contributed by atoms with Crippen LogP contribution in [0.25, 0.3) is 10.9 Å². The summed E-state index contributed by atoms with van der Waals surface area (Å²) < 4.78 is 13.1. The van der Waals surface area contributed by atoms with Crippen LogP contribution < -0.4 is 5.32 Å². The molecule has 0 bridgehead atoms. The first-order chi connectivity index (χ1) is 9.70. The summed E-state index contributed by atoms with van der Waals surface area (Å²) in [6, 6.07) is 5.92. The third-order valence-electron chi connectivity index (χ3n) is 3.03. The van der Waals surface area contributed by atoms with Crippen LogP contribution in [0.4, 0.5) is 4.39 Å². The number of pyridine rings is 1. The average Bonchev–Trinajstić information content (AvgIpc) is 2.46. The topological polar surface area (TPSA) is 62.2 Å². The van der Waals surface area contributed by atoms with Gasteiger partial charge in [0.15, 0.2) is 0 Å². The van der Waals surface area contributed by atoms with E-state index in [2.05, 4.69) is 10.3 Å². The van der Waals surface area contributed by atoms with E-state index in [1.807, 2.05) is 0 Å². The molecule has 1 aromatic carbocycles. The molecule has 0 spiro atoms. The number of unbranched alkanes of at least 4 members (excludes halogenated alkanes) is 2. The van der Waals surface area contributed by atoms with Gasteiger partial charge in [0.05, 0.1) is 11.1 Å². The number of aliphatic hydroxyl groups is 1. The Balaban J connectivity index is 1.99. The smallest absolute Gasteiger partial charge is 0.252 e. The van der Waals surface area contributed by atoms with Crippen LogP contribution in [-0.4, -0.2) is 29.1 Å². The predicted molar refractivity (Wildman–Crippen MR) is 75.0 cm³/mol. The van der Waals surface area contributed by atoms with Gasteiger partial charge < -0.3 is 10.4 Å². The molecule has 0 saturated carbocycles. The Bertz CT molecular complexity index is 601. The molecule has 0 radical (unpaired) electrons. The highest BCUT2D eigenvalue weighted by molar-refractivity contribution is 5.97. The molecule has 0 aliphatic rings. The molecule has 0 atom stereocenters. The minimum absolute atomic E-state index is 0.175. The van der Waals surface area contributed by atoms with Crippen molar-refractivity contribution in [2.24, 2.45) is 0 Å². The van der Waals surface area contributed by atoms with Gasteiger partial charge in [-0.25, -0.2) is 4.39 Å². The number of benzene rings is 1. The van der Waals surface area contributed by atoms with Crippen molar-refractivity contribution >= 4 is 16.8 Å². The summed E-state index contributed by atoms with van der Waals surface area (Å²) in [7, 11) is 0. The van der Waals surface area contributed by atoms with Crippen LogP contribution in [0, 0.1) is 5.82 Å². The molecule has 0 unspecified atom stereocenters. The number of nitrogens with zero attached hydrogens (tertiary/aromatic N) is 1. The summed E-state index contributed by atoms with van der Waals surface area (Å²) >= 11 is 0. The molecule has 0 aliphatic heterocycles. The van der Waals surface area contributed by atoms with Gasteiger partial charge in [-0.1, -0.05) is 0 Å². The molecule has 2 aromatic rings. The number of aromatic nitrogens is 1. The molecular formula is C15H17FN2O2. The number of halogens is 1. The first-order valence-electron chi connectivity index (χ1n) is 6.65. The average molecular weight is 276 g/mol. The third kappa shape index (κ3) is 3.74. The number of rotatable bonds is 6. The minimum atomic E-state index is -0.346. The highest BCUT2D eigenvalue weighted by Crippen LogP contribution is 2.14. The number of hydrogen-bond donors (Lipinski definition) is 2. The third-order valence-corrected chi connectivity index (χ3v) is 3.03. The van der Waals surface area contributed by atoms with E-state index in [9.17, 15) is 9.18 Å². The lowest BCUT2D eigenvalue weighted by Crippen LogP contribution is -2.24. The molecule has 0 saturated heterocycles. The van der Waals surface area contributed by atoms with Gasteiger partial charge in [-0.05, 0) is 43.5 Å². The largest absolute Gasteiger partial charge is 0.396 e.